The Labute approximate surface area is 141 Å². The van der Waals surface area contributed by atoms with Gasteiger partial charge in [-0.1, -0.05) is 0 Å². The van der Waals surface area contributed by atoms with Gasteiger partial charge < -0.3 is 0 Å². The van der Waals surface area contributed by atoms with Gasteiger partial charge in [-0.15, -0.1) is 0 Å². The number of nitrogens with zero attached hydrogens (tertiary/aromatic N) is 2. The molecule has 0 aromatic heterocycles. The van der Waals surface area contributed by atoms with Crippen LogP contribution in [0.3, 0.4) is 0 Å². The van der Waals surface area contributed by atoms with Crippen LogP contribution in [0, 0.1) is 9.39 Å². The molecule has 0 aliphatic rings. The number of carbonyl (C=O) groups excluding carboxylic acids is 1. The monoisotopic (exact) mass is 484 g/mol. The third-order valence-electron chi connectivity index (χ3n) is 2.13. The van der Waals surface area contributed by atoms with Crippen LogP contribution in [-0.4, -0.2) is 35.0 Å². The summed E-state index contributed by atoms with van der Waals surface area (Å²) in [4.78, 5) is 14.2. The Morgan fingerprint density at radius 3 is 2.25 bits per heavy atom. The maximum atomic E-state index is 12.9. The number of halogens is 5. The van der Waals surface area contributed by atoms with Gasteiger partial charge in [-0.25, -0.2) is 0 Å². The van der Waals surface area contributed by atoms with Crippen molar-refractivity contribution in [3.63, 3.8) is 0 Å². The standard InChI is InChI=1S/C11H9F4IN2O5S/c1-2-22-10(19)9(18-17)16(8-5-3-7(12)4-6-8)23-24(20,21)11(13,14)15/h3-6H,2H2,1H3. The maximum absolute atomic E-state index is 12.9. The summed E-state index contributed by atoms with van der Waals surface area (Å²) in [7, 11) is -6.08. The summed E-state index contributed by atoms with van der Waals surface area (Å²) in [6, 6.07) is 3.50. The third-order valence-corrected chi connectivity index (χ3v) is 8.92. The Hall–Kier alpha value is -1.57. The molecule has 1 aromatic rings. The van der Waals surface area contributed by atoms with Crippen LogP contribution < -0.4 is 0 Å². The van der Waals surface area contributed by atoms with Crippen LogP contribution in [0.25, 0.3) is 5.53 Å². The number of benzene rings is 1. The van der Waals surface area contributed by atoms with E-state index in [-0.39, 0.29) is 10.2 Å². The second-order valence-electron chi connectivity index (χ2n) is 3.76. The van der Waals surface area contributed by atoms with Crippen molar-refractivity contribution >= 4 is 40.0 Å². The summed E-state index contributed by atoms with van der Waals surface area (Å²) in [5.74, 6) is -2.10. The normalized spacial score (nSPS) is 12.3. The zero-order valence-electron chi connectivity index (χ0n) is 11.8. The quantitative estimate of drug-likeness (QED) is 0.117. The number of carbonyl (C=O) groups is 1. The van der Waals surface area contributed by atoms with Crippen LogP contribution in [0.2, 0.25) is 0 Å². The number of ether oxygens (including phenoxy) is 1. The van der Waals surface area contributed by atoms with Crippen LogP contribution in [0.15, 0.2) is 24.3 Å². The molecule has 0 atom stereocenters. The van der Waals surface area contributed by atoms with Gasteiger partial charge in [-0.3, -0.25) is 0 Å². The molecule has 0 saturated heterocycles. The third kappa shape index (κ3) is 4.96. The molecule has 0 radical (unpaired) electrons. The molecule has 0 amide bonds. The summed E-state index contributed by atoms with van der Waals surface area (Å²) in [5, 5.41) is 0. The average Bonchev–Trinajstić information content (AvgIpc) is 2.47. The molecule has 0 unspecified atom stereocenters. The van der Waals surface area contributed by atoms with E-state index in [4.69, 9.17) is 5.53 Å². The molecule has 0 fully saturated rings. The second kappa shape index (κ2) is 8.00. The summed E-state index contributed by atoms with van der Waals surface area (Å²) in [6.07, 6.45) is 0. The van der Waals surface area contributed by atoms with Gasteiger partial charge >= 0.3 is 141 Å². The molecular weight excluding hydrogens is 475 g/mol. The summed E-state index contributed by atoms with van der Waals surface area (Å²) in [6.45, 7) is 1.16. The van der Waals surface area contributed by atoms with Gasteiger partial charge in [-0.2, -0.15) is 0 Å². The Bertz CT molecular complexity index is 760. The topological polar surface area (TPSA) is 106 Å². The van der Waals surface area contributed by atoms with Gasteiger partial charge in [0.15, 0.2) is 0 Å². The fraction of sp³-hybridized carbons (Fsp3) is 0.273. The van der Waals surface area contributed by atoms with E-state index in [0.29, 0.717) is 0 Å². The first-order valence-electron chi connectivity index (χ1n) is 5.89. The van der Waals surface area contributed by atoms with Crippen LogP contribution in [-0.2, 0) is 22.2 Å². The summed E-state index contributed by atoms with van der Waals surface area (Å²) in [5.41, 5.74) is 3.15. The van der Waals surface area contributed by atoms with E-state index in [0.717, 1.165) is 24.3 Å². The Morgan fingerprint density at radius 1 is 1.29 bits per heavy atom. The summed E-state index contributed by atoms with van der Waals surface area (Å²) >= 11 is -4.21. The van der Waals surface area contributed by atoms with Gasteiger partial charge in [-0.05, 0) is 0 Å². The van der Waals surface area contributed by atoms with Crippen molar-refractivity contribution in [1.29, 1.82) is 0 Å². The predicted octanol–water partition coefficient (Wildman–Crippen LogP) is 2.47. The first-order valence-corrected chi connectivity index (χ1v) is 10.3. The fourth-order valence-corrected chi connectivity index (χ4v) is 7.06. The molecule has 1 aromatic carbocycles. The second-order valence-corrected chi connectivity index (χ2v) is 10.0. The SMILES string of the molecule is CCOC(=O)C(=[N+]=[N-])I(OS(=O)(=O)C(F)(F)F)c1ccc(F)cc1. The molecule has 7 nitrogen and oxygen atoms in total. The van der Waals surface area contributed by atoms with Crippen LogP contribution >= 0.6 is 20.2 Å². The summed E-state index contributed by atoms with van der Waals surface area (Å²) < 4.78 is 80.4. The van der Waals surface area contributed by atoms with Crippen molar-refractivity contribution < 1.29 is 42.8 Å². The molecule has 0 N–H and O–H groups in total. The Balaban J connectivity index is 3.39. The average molecular weight is 484 g/mol. The number of hydrogen-bond acceptors (Lipinski definition) is 5. The van der Waals surface area contributed by atoms with Gasteiger partial charge in [0.25, 0.3) is 0 Å². The molecule has 1 rings (SSSR count). The number of esters is 1. The first-order chi connectivity index (χ1) is 11.0. The Morgan fingerprint density at radius 2 is 1.83 bits per heavy atom. The molecule has 0 heterocycles. The number of rotatable bonds is 6. The minimum atomic E-state index is -6.08. The van der Waals surface area contributed by atoms with Crippen LogP contribution in [0.1, 0.15) is 6.92 Å². The van der Waals surface area contributed by atoms with E-state index in [1.807, 2.05) is 0 Å². The zero-order chi connectivity index (χ0) is 18.5. The minimum absolute atomic E-state index is 0.211. The molecule has 134 valence electrons. The molecule has 13 heteroatoms. The molecule has 0 spiro atoms. The van der Waals surface area contributed by atoms with Crippen LogP contribution in [0.5, 0.6) is 0 Å². The predicted molar refractivity (Wildman–Crippen MR) is 80.4 cm³/mol. The van der Waals surface area contributed by atoms with Crippen LogP contribution in [0.4, 0.5) is 17.6 Å². The van der Waals surface area contributed by atoms with Gasteiger partial charge in [0.05, 0.1) is 0 Å². The van der Waals surface area contributed by atoms with Crippen molar-refractivity contribution in [2.45, 2.75) is 12.4 Å². The van der Waals surface area contributed by atoms with Crippen molar-refractivity contribution in [3.8, 4) is 0 Å². The van der Waals surface area contributed by atoms with E-state index in [9.17, 15) is 30.8 Å². The van der Waals surface area contributed by atoms with E-state index in [1.165, 1.54) is 6.92 Å². The van der Waals surface area contributed by atoms with Gasteiger partial charge in [0, 0.05) is 0 Å². The molecular formula is C11H9F4IN2O5S. The molecule has 0 bridgehead atoms. The molecule has 0 aliphatic carbocycles. The van der Waals surface area contributed by atoms with E-state index >= 15 is 0 Å². The van der Waals surface area contributed by atoms with Gasteiger partial charge in [0.2, 0.25) is 0 Å². The van der Waals surface area contributed by atoms with E-state index in [1.54, 1.807) is 0 Å². The molecule has 0 saturated carbocycles. The molecule has 0 aliphatic heterocycles. The van der Waals surface area contributed by atoms with Gasteiger partial charge in [0.1, 0.15) is 0 Å². The van der Waals surface area contributed by atoms with Crippen molar-refractivity contribution in [3.05, 3.63) is 39.2 Å². The fourth-order valence-electron chi connectivity index (χ4n) is 1.17. The first kappa shape index (κ1) is 20.5. The molecule has 24 heavy (non-hydrogen) atoms. The number of hydrogen-bond donors (Lipinski definition) is 0. The van der Waals surface area contributed by atoms with Crippen molar-refractivity contribution in [2.24, 2.45) is 0 Å². The number of alkyl halides is 3. The van der Waals surface area contributed by atoms with E-state index < -0.39 is 51.4 Å². The Kier molecular flexibility index (Phi) is 6.83. The van der Waals surface area contributed by atoms with Crippen molar-refractivity contribution in [1.82, 2.24) is 0 Å². The zero-order valence-corrected chi connectivity index (χ0v) is 14.7. The van der Waals surface area contributed by atoms with E-state index in [2.05, 4.69) is 12.0 Å². The van der Waals surface area contributed by atoms with Crippen molar-refractivity contribution in [2.75, 3.05) is 6.61 Å².